The van der Waals surface area contributed by atoms with Gasteiger partial charge < -0.3 is 38.8 Å². The average Bonchev–Trinajstić information content (AvgIpc) is 3.37. The van der Waals surface area contributed by atoms with E-state index in [0.717, 1.165) is 30.7 Å². The van der Waals surface area contributed by atoms with E-state index in [1.54, 1.807) is 60.7 Å². The van der Waals surface area contributed by atoms with Crippen LogP contribution in [0.4, 0.5) is 9.59 Å². The SMILES string of the molecule is CC(=O)O[C@@H]1[C@H]([C@H](OC(=O)OCc2ccccc2)[C@@H](NC(=O)OCc2ccccc2)C(=O)O)O[C@H](n2ccc(=O)[nH]c2=O)[C@@H]1OC(C)=O. The van der Waals surface area contributed by atoms with Crippen LogP contribution in [0.15, 0.2) is 82.5 Å². The molecule has 0 saturated carbocycles. The molecule has 48 heavy (non-hydrogen) atoms. The minimum absolute atomic E-state index is 0.259. The molecule has 2 aromatic carbocycles. The lowest BCUT2D eigenvalue weighted by Crippen LogP contribution is -2.58. The van der Waals surface area contributed by atoms with Crippen molar-refractivity contribution < 1.29 is 57.5 Å². The number of esters is 2. The monoisotopic (exact) mass is 669 g/mol. The molecule has 17 nitrogen and oxygen atoms in total. The molecular formula is C31H31N3O14. The van der Waals surface area contributed by atoms with E-state index in [1.165, 1.54) is 0 Å². The Hall–Kier alpha value is -5.97. The summed E-state index contributed by atoms with van der Waals surface area (Å²) in [6.07, 6.45) is -10.7. The Morgan fingerprint density at radius 2 is 1.42 bits per heavy atom. The number of amides is 1. The van der Waals surface area contributed by atoms with Crippen LogP contribution in [-0.2, 0) is 56.0 Å². The summed E-state index contributed by atoms with van der Waals surface area (Å²) >= 11 is 0. The number of hydrogen-bond acceptors (Lipinski definition) is 13. The number of rotatable bonds is 12. The standard InChI is InChI=1S/C31H31N3O14/c1-17(35)45-25-24(47-27(26(25)46-18(2)36)34-14-13-21(37)32-29(34)40)23(48-31(42)44-16-20-11-7-4-8-12-20)22(28(38)39)33-30(41)43-15-19-9-5-3-6-10-19/h3-14,22-27H,15-16H2,1-2H3,(H,33,41)(H,38,39)(H,32,37,40)/t22-,23-,24+,25-,26-,27+/m1/s1. The van der Waals surface area contributed by atoms with Crippen molar-refractivity contribution in [2.75, 3.05) is 0 Å². The predicted molar refractivity (Wildman–Crippen MR) is 159 cm³/mol. The number of carbonyl (C=O) groups is 5. The number of nitrogens with one attached hydrogen (secondary N) is 2. The van der Waals surface area contributed by atoms with Gasteiger partial charge in [0.25, 0.3) is 5.56 Å². The molecule has 0 aliphatic carbocycles. The molecule has 3 aromatic rings. The molecule has 17 heteroatoms. The Morgan fingerprint density at radius 3 is 1.96 bits per heavy atom. The van der Waals surface area contributed by atoms with Crippen molar-refractivity contribution >= 4 is 30.2 Å². The Kier molecular flexibility index (Phi) is 11.7. The van der Waals surface area contributed by atoms with E-state index in [2.05, 4.69) is 5.32 Å². The Bertz CT molecular complexity index is 1730. The Labute approximate surface area is 271 Å². The van der Waals surface area contributed by atoms with Crippen molar-refractivity contribution in [1.29, 1.82) is 0 Å². The lowest BCUT2D eigenvalue weighted by Gasteiger charge is -2.31. The van der Waals surface area contributed by atoms with Crippen LogP contribution < -0.4 is 16.6 Å². The van der Waals surface area contributed by atoms with E-state index >= 15 is 0 Å². The van der Waals surface area contributed by atoms with Gasteiger partial charge in [-0.3, -0.25) is 23.9 Å². The fraction of sp³-hybridized carbons (Fsp3) is 0.323. The van der Waals surface area contributed by atoms with E-state index in [9.17, 15) is 38.7 Å². The largest absolute Gasteiger partial charge is 0.509 e. The Morgan fingerprint density at radius 1 is 0.854 bits per heavy atom. The predicted octanol–water partition coefficient (Wildman–Crippen LogP) is 1.40. The smallest absolute Gasteiger partial charge is 0.480 e. The van der Waals surface area contributed by atoms with Gasteiger partial charge in [0.2, 0.25) is 0 Å². The number of aliphatic carboxylic acids is 1. The van der Waals surface area contributed by atoms with E-state index in [1.807, 2.05) is 4.98 Å². The minimum atomic E-state index is -2.16. The molecule has 1 aromatic heterocycles. The van der Waals surface area contributed by atoms with Crippen LogP contribution in [0, 0.1) is 0 Å². The zero-order valence-corrected chi connectivity index (χ0v) is 25.5. The summed E-state index contributed by atoms with van der Waals surface area (Å²) in [5.41, 5.74) is -0.697. The highest BCUT2D eigenvalue weighted by Crippen LogP contribution is 2.36. The molecule has 0 bridgehead atoms. The summed E-state index contributed by atoms with van der Waals surface area (Å²) in [7, 11) is 0. The lowest BCUT2D eigenvalue weighted by atomic mass is 9.98. The number of nitrogens with zero attached hydrogens (tertiary/aromatic N) is 1. The second-order valence-corrected chi connectivity index (χ2v) is 10.3. The molecule has 4 rings (SSSR count). The normalized spacial score (nSPS) is 19.6. The van der Waals surface area contributed by atoms with Crippen LogP contribution in [0.3, 0.4) is 0 Å². The van der Waals surface area contributed by atoms with Crippen molar-refractivity contribution in [1.82, 2.24) is 14.9 Å². The van der Waals surface area contributed by atoms with Crippen LogP contribution in [-0.4, -0.2) is 75.3 Å². The van der Waals surface area contributed by atoms with Crippen LogP contribution >= 0.6 is 0 Å². The number of carboxylic acids is 1. The van der Waals surface area contributed by atoms with Gasteiger partial charge in [0, 0.05) is 26.1 Å². The van der Waals surface area contributed by atoms with Crippen molar-refractivity contribution in [3.8, 4) is 0 Å². The van der Waals surface area contributed by atoms with Crippen molar-refractivity contribution in [3.05, 3.63) is 105 Å². The first-order valence-electron chi connectivity index (χ1n) is 14.3. The van der Waals surface area contributed by atoms with Gasteiger partial charge in [-0.05, 0) is 11.1 Å². The summed E-state index contributed by atoms with van der Waals surface area (Å²) in [6.45, 7) is 1.43. The molecular weight excluding hydrogens is 638 g/mol. The third-order valence-corrected chi connectivity index (χ3v) is 6.79. The molecule has 3 N–H and O–H groups in total. The molecule has 1 fully saturated rings. The maximum Gasteiger partial charge on any atom is 0.509 e. The summed E-state index contributed by atoms with van der Waals surface area (Å²) in [5, 5.41) is 12.4. The highest BCUT2D eigenvalue weighted by Gasteiger charge is 2.57. The quantitative estimate of drug-likeness (QED) is 0.183. The van der Waals surface area contributed by atoms with Crippen molar-refractivity contribution in [2.45, 2.75) is 63.7 Å². The molecule has 1 saturated heterocycles. The summed E-state index contributed by atoms with van der Waals surface area (Å²) in [6, 6.07) is 15.6. The number of benzene rings is 2. The summed E-state index contributed by atoms with van der Waals surface area (Å²) < 4.78 is 33.2. The van der Waals surface area contributed by atoms with Crippen LogP contribution in [0.5, 0.6) is 0 Å². The number of carbonyl (C=O) groups excluding carboxylic acids is 4. The van der Waals surface area contributed by atoms with E-state index < -0.39 is 78.1 Å². The van der Waals surface area contributed by atoms with E-state index in [4.69, 9.17) is 28.4 Å². The number of alkyl carbamates (subject to hydrolysis) is 1. The molecule has 0 spiro atoms. The number of carboxylic acid groups (broad SMARTS) is 1. The van der Waals surface area contributed by atoms with Gasteiger partial charge in [0.05, 0.1) is 0 Å². The van der Waals surface area contributed by atoms with Crippen LogP contribution in [0.25, 0.3) is 0 Å². The third-order valence-electron chi connectivity index (χ3n) is 6.79. The molecule has 1 aliphatic rings. The van der Waals surface area contributed by atoms with Gasteiger partial charge in [-0.1, -0.05) is 60.7 Å². The highest BCUT2D eigenvalue weighted by molar-refractivity contribution is 5.81. The average molecular weight is 670 g/mol. The minimum Gasteiger partial charge on any atom is -0.480 e. The molecule has 0 unspecified atom stereocenters. The molecule has 6 atom stereocenters. The first-order chi connectivity index (χ1) is 22.9. The lowest BCUT2D eigenvalue weighted by molar-refractivity contribution is -0.168. The topological polar surface area (TPSA) is 228 Å². The zero-order valence-electron chi connectivity index (χ0n) is 25.5. The van der Waals surface area contributed by atoms with Gasteiger partial charge in [0.15, 0.2) is 30.6 Å². The third kappa shape index (κ3) is 9.29. The first kappa shape index (κ1) is 34.9. The van der Waals surface area contributed by atoms with Gasteiger partial charge in [-0.25, -0.2) is 19.2 Å². The fourth-order valence-corrected chi connectivity index (χ4v) is 4.79. The number of H-pyrrole nitrogens is 1. The molecule has 254 valence electrons. The second kappa shape index (κ2) is 16.0. The first-order valence-corrected chi connectivity index (χ1v) is 14.3. The van der Waals surface area contributed by atoms with E-state index in [0.29, 0.717) is 11.1 Å². The van der Waals surface area contributed by atoms with Gasteiger partial charge in [-0.15, -0.1) is 0 Å². The summed E-state index contributed by atoms with van der Waals surface area (Å²) in [5.74, 6) is -3.65. The van der Waals surface area contributed by atoms with Gasteiger partial charge >= 0.3 is 35.8 Å². The van der Waals surface area contributed by atoms with Gasteiger partial charge in [0.1, 0.15) is 19.3 Å². The number of aromatic nitrogens is 2. The molecule has 1 aliphatic heterocycles. The van der Waals surface area contributed by atoms with Crippen LogP contribution in [0.2, 0.25) is 0 Å². The summed E-state index contributed by atoms with van der Waals surface area (Å²) in [4.78, 5) is 89.4. The molecule has 1 amide bonds. The number of hydrogen-bond donors (Lipinski definition) is 3. The number of aromatic amines is 1. The fourth-order valence-electron chi connectivity index (χ4n) is 4.79. The molecule has 0 radical (unpaired) electrons. The highest BCUT2D eigenvalue weighted by atomic mass is 16.7. The van der Waals surface area contributed by atoms with Crippen LogP contribution in [0.1, 0.15) is 31.2 Å². The maximum atomic E-state index is 13.0. The Balaban J connectivity index is 1.72. The second-order valence-electron chi connectivity index (χ2n) is 10.3. The zero-order chi connectivity index (χ0) is 34.8. The maximum absolute atomic E-state index is 13.0. The molecule has 2 heterocycles. The van der Waals surface area contributed by atoms with Crippen molar-refractivity contribution in [2.24, 2.45) is 0 Å². The van der Waals surface area contributed by atoms with Gasteiger partial charge in [-0.2, -0.15) is 0 Å². The van der Waals surface area contributed by atoms with E-state index in [-0.39, 0.29) is 13.2 Å². The van der Waals surface area contributed by atoms with Crippen molar-refractivity contribution in [3.63, 3.8) is 0 Å². The number of ether oxygens (including phenoxy) is 6.